The fourth-order valence-electron chi connectivity index (χ4n) is 2.09. The molecule has 0 aromatic heterocycles. The zero-order valence-corrected chi connectivity index (χ0v) is 10.7. The van der Waals surface area contributed by atoms with Gasteiger partial charge in [0.1, 0.15) is 0 Å². The Morgan fingerprint density at radius 3 is 2.56 bits per heavy atom. The van der Waals surface area contributed by atoms with E-state index in [2.05, 4.69) is 18.2 Å². The molecule has 0 saturated carbocycles. The first-order chi connectivity index (χ1) is 8.83. The summed E-state index contributed by atoms with van der Waals surface area (Å²) < 4.78 is 0. The number of amides is 1. The number of nitrogens with zero attached hydrogens (tertiary/aromatic N) is 1. The predicted molar refractivity (Wildman–Crippen MR) is 73.4 cm³/mol. The van der Waals surface area contributed by atoms with Crippen molar-refractivity contribution in [1.29, 1.82) is 0 Å². The van der Waals surface area contributed by atoms with E-state index in [0.717, 1.165) is 4.90 Å². The Kier molecular flexibility index (Phi) is 3.07. The summed E-state index contributed by atoms with van der Waals surface area (Å²) in [5, 5.41) is 0.137. The zero-order chi connectivity index (χ0) is 12.4. The van der Waals surface area contributed by atoms with E-state index in [1.807, 2.05) is 41.3 Å². The van der Waals surface area contributed by atoms with Crippen LogP contribution in [0, 0.1) is 0 Å². The molecule has 18 heavy (non-hydrogen) atoms. The van der Waals surface area contributed by atoms with Crippen LogP contribution >= 0.6 is 11.8 Å². The van der Waals surface area contributed by atoms with Gasteiger partial charge in [-0.2, -0.15) is 0 Å². The number of carbonyl (C=O) groups excluding carboxylic acids is 1. The highest BCUT2D eigenvalue weighted by Crippen LogP contribution is 2.32. The van der Waals surface area contributed by atoms with Gasteiger partial charge >= 0.3 is 0 Å². The van der Waals surface area contributed by atoms with Crippen molar-refractivity contribution >= 4 is 17.0 Å². The van der Waals surface area contributed by atoms with Crippen molar-refractivity contribution in [3.05, 3.63) is 65.7 Å². The summed E-state index contributed by atoms with van der Waals surface area (Å²) in [6.07, 6.45) is 0. The topological polar surface area (TPSA) is 20.3 Å². The molecule has 2 nitrogen and oxygen atoms in total. The summed E-state index contributed by atoms with van der Waals surface area (Å²) in [5.74, 6) is 0. The fraction of sp³-hybridized carbons (Fsp3) is 0.133. The second kappa shape index (κ2) is 4.86. The first-order valence-corrected chi connectivity index (χ1v) is 6.73. The third kappa shape index (κ3) is 2.27. The van der Waals surface area contributed by atoms with Gasteiger partial charge < -0.3 is 4.90 Å². The molecule has 0 radical (unpaired) electrons. The molecule has 2 aromatic rings. The number of hydrogen-bond acceptors (Lipinski definition) is 2. The predicted octanol–water partition coefficient (Wildman–Crippen LogP) is 3.91. The maximum Gasteiger partial charge on any atom is 0.287 e. The van der Waals surface area contributed by atoms with E-state index >= 15 is 0 Å². The van der Waals surface area contributed by atoms with Crippen molar-refractivity contribution in [3.63, 3.8) is 0 Å². The molecule has 1 aliphatic heterocycles. The molecule has 0 aliphatic carbocycles. The van der Waals surface area contributed by atoms with E-state index in [1.54, 1.807) is 0 Å². The van der Waals surface area contributed by atoms with Crippen LogP contribution in [0.15, 0.2) is 59.5 Å². The van der Waals surface area contributed by atoms with Crippen LogP contribution in [0.2, 0.25) is 0 Å². The average Bonchev–Trinajstić information content (AvgIpc) is 2.41. The maximum absolute atomic E-state index is 12.1. The Morgan fingerprint density at radius 1 is 1.00 bits per heavy atom. The molecule has 0 atom stereocenters. The lowest BCUT2D eigenvalue weighted by molar-refractivity contribution is 0.216. The molecule has 1 amide bonds. The van der Waals surface area contributed by atoms with Crippen LogP contribution in [0.25, 0.3) is 0 Å². The average molecular weight is 255 g/mol. The Balaban J connectivity index is 1.81. The minimum Gasteiger partial charge on any atom is -0.325 e. The number of hydrogen-bond donors (Lipinski definition) is 0. The van der Waals surface area contributed by atoms with E-state index in [1.165, 1.54) is 22.9 Å². The molecule has 1 heterocycles. The summed E-state index contributed by atoms with van der Waals surface area (Å²) in [6, 6.07) is 18.2. The lowest BCUT2D eigenvalue weighted by Gasteiger charge is -2.27. The third-order valence-corrected chi connectivity index (χ3v) is 4.06. The van der Waals surface area contributed by atoms with E-state index in [9.17, 15) is 4.79 Å². The van der Waals surface area contributed by atoms with Gasteiger partial charge in [-0.25, -0.2) is 0 Å². The summed E-state index contributed by atoms with van der Waals surface area (Å²) in [6.45, 7) is 1.39. The zero-order valence-electron chi connectivity index (χ0n) is 9.87. The lowest BCUT2D eigenvalue weighted by atomic mass is 10.2. The van der Waals surface area contributed by atoms with Crippen molar-refractivity contribution in [1.82, 2.24) is 4.90 Å². The number of thioether (sulfide) groups is 1. The molecule has 0 saturated heterocycles. The molecule has 0 spiro atoms. The largest absolute Gasteiger partial charge is 0.325 e. The third-order valence-electron chi connectivity index (χ3n) is 3.01. The molecule has 90 valence electrons. The van der Waals surface area contributed by atoms with Crippen LogP contribution in [-0.4, -0.2) is 10.1 Å². The van der Waals surface area contributed by atoms with Crippen molar-refractivity contribution in [2.75, 3.05) is 0 Å². The van der Waals surface area contributed by atoms with Crippen LogP contribution in [-0.2, 0) is 13.1 Å². The summed E-state index contributed by atoms with van der Waals surface area (Å²) in [5.41, 5.74) is 2.41. The first kappa shape index (κ1) is 11.4. The Morgan fingerprint density at radius 2 is 1.72 bits per heavy atom. The molecular formula is C15H13NOS. The summed E-state index contributed by atoms with van der Waals surface area (Å²) >= 11 is 1.33. The van der Waals surface area contributed by atoms with Crippen molar-refractivity contribution < 1.29 is 4.79 Å². The monoisotopic (exact) mass is 255 g/mol. The minimum atomic E-state index is 0.137. The SMILES string of the molecule is O=C1Sc2ccccc2CN1Cc1ccccc1. The maximum atomic E-state index is 12.1. The molecule has 2 aromatic carbocycles. The summed E-state index contributed by atoms with van der Waals surface area (Å²) in [7, 11) is 0. The molecule has 0 fully saturated rings. The van der Waals surface area contributed by atoms with Gasteiger partial charge in [-0.05, 0) is 29.0 Å². The van der Waals surface area contributed by atoms with E-state index in [4.69, 9.17) is 0 Å². The van der Waals surface area contributed by atoms with Gasteiger partial charge in [0.2, 0.25) is 0 Å². The number of carbonyl (C=O) groups is 1. The van der Waals surface area contributed by atoms with Crippen LogP contribution in [0.4, 0.5) is 4.79 Å². The Hall–Kier alpha value is -1.74. The molecule has 3 rings (SSSR count). The lowest BCUT2D eigenvalue weighted by Crippen LogP contribution is -2.29. The van der Waals surface area contributed by atoms with Gasteiger partial charge in [-0.3, -0.25) is 4.79 Å². The van der Waals surface area contributed by atoms with Gasteiger partial charge in [0.25, 0.3) is 5.24 Å². The Labute approximate surface area is 111 Å². The van der Waals surface area contributed by atoms with Crippen LogP contribution in [0.3, 0.4) is 0 Å². The van der Waals surface area contributed by atoms with Gasteiger partial charge in [-0.1, -0.05) is 48.5 Å². The van der Waals surface area contributed by atoms with E-state index in [-0.39, 0.29) is 5.24 Å². The minimum absolute atomic E-state index is 0.137. The first-order valence-electron chi connectivity index (χ1n) is 5.91. The van der Waals surface area contributed by atoms with E-state index < -0.39 is 0 Å². The second-order valence-corrected chi connectivity index (χ2v) is 5.31. The van der Waals surface area contributed by atoms with Gasteiger partial charge in [0.05, 0.1) is 0 Å². The number of benzene rings is 2. The van der Waals surface area contributed by atoms with E-state index in [0.29, 0.717) is 13.1 Å². The van der Waals surface area contributed by atoms with Crippen LogP contribution in [0.5, 0.6) is 0 Å². The quantitative estimate of drug-likeness (QED) is 0.810. The van der Waals surface area contributed by atoms with Gasteiger partial charge in [0.15, 0.2) is 0 Å². The van der Waals surface area contributed by atoms with Crippen molar-refractivity contribution in [3.8, 4) is 0 Å². The highest BCUT2D eigenvalue weighted by Gasteiger charge is 2.23. The molecular weight excluding hydrogens is 242 g/mol. The fourth-order valence-corrected chi connectivity index (χ4v) is 2.94. The highest BCUT2D eigenvalue weighted by molar-refractivity contribution is 8.13. The van der Waals surface area contributed by atoms with Crippen LogP contribution in [0.1, 0.15) is 11.1 Å². The number of rotatable bonds is 2. The summed E-state index contributed by atoms with van der Waals surface area (Å²) in [4.78, 5) is 15.0. The molecule has 3 heteroatoms. The number of fused-ring (bicyclic) bond motifs is 1. The van der Waals surface area contributed by atoms with Gasteiger partial charge in [-0.15, -0.1) is 0 Å². The van der Waals surface area contributed by atoms with Crippen molar-refractivity contribution in [2.45, 2.75) is 18.0 Å². The van der Waals surface area contributed by atoms with Crippen molar-refractivity contribution in [2.24, 2.45) is 0 Å². The smallest absolute Gasteiger partial charge is 0.287 e. The molecule has 1 aliphatic rings. The highest BCUT2D eigenvalue weighted by atomic mass is 32.2. The van der Waals surface area contributed by atoms with Gasteiger partial charge in [0, 0.05) is 18.0 Å². The van der Waals surface area contributed by atoms with Crippen LogP contribution < -0.4 is 0 Å². The standard InChI is InChI=1S/C15H13NOS/c17-15-16(10-12-6-2-1-3-7-12)11-13-8-4-5-9-14(13)18-15/h1-9H,10-11H2. The second-order valence-electron chi connectivity index (χ2n) is 4.32. The molecule has 0 unspecified atom stereocenters. The molecule has 0 bridgehead atoms. The molecule has 0 N–H and O–H groups in total. The Bertz CT molecular complexity index is 568. The normalized spacial score (nSPS) is 14.4.